The summed E-state index contributed by atoms with van der Waals surface area (Å²) in [6.45, 7) is 11.1. The topological polar surface area (TPSA) is 55.3 Å². The fourth-order valence-corrected chi connectivity index (χ4v) is 3.02. The molecule has 0 atom stereocenters. The Morgan fingerprint density at radius 2 is 1.88 bits per heavy atom. The van der Waals surface area contributed by atoms with Crippen LogP contribution in [-0.2, 0) is 17.7 Å². The van der Waals surface area contributed by atoms with Gasteiger partial charge in [0.25, 0.3) is 0 Å². The third-order valence-corrected chi connectivity index (χ3v) is 4.30. The largest absolute Gasteiger partial charge is 0.493 e. The Morgan fingerprint density at radius 1 is 1.19 bits per heavy atom. The van der Waals surface area contributed by atoms with Crippen molar-refractivity contribution in [2.45, 2.75) is 33.7 Å². The minimum atomic E-state index is 0.554. The van der Waals surface area contributed by atoms with Gasteiger partial charge in [-0.15, -0.1) is 0 Å². The first-order chi connectivity index (χ1) is 12.6. The van der Waals surface area contributed by atoms with Gasteiger partial charge in [0.05, 0.1) is 27.4 Å². The lowest BCUT2D eigenvalue weighted by atomic mass is 9.99. The number of ether oxygens (including phenoxy) is 3. The standard InChI is InChI=1S/C20H33N3O3/c1-6-21-20(22-8-10-26-14-15(2)3)23-9-7-16-11-18(24-4)19(25-5)12-17(16)13-23/h11-12,15H,6-10,13-14H2,1-5H3,(H,21,22). The van der Waals surface area contributed by atoms with E-state index >= 15 is 0 Å². The van der Waals surface area contributed by atoms with E-state index in [1.807, 2.05) is 0 Å². The molecule has 26 heavy (non-hydrogen) atoms. The zero-order valence-electron chi connectivity index (χ0n) is 16.8. The van der Waals surface area contributed by atoms with Crippen molar-refractivity contribution in [1.29, 1.82) is 0 Å². The number of nitrogens with zero attached hydrogens (tertiary/aromatic N) is 2. The van der Waals surface area contributed by atoms with Crippen molar-refractivity contribution >= 4 is 5.96 Å². The smallest absolute Gasteiger partial charge is 0.194 e. The monoisotopic (exact) mass is 363 g/mol. The van der Waals surface area contributed by atoms with E-state index in [1.165, 1.54) is 11.1 Å². The van der Waals surface area contributed by atoms with Gasteiger partial charge in [-0.05, 0) is 42.5 Å². The first-order valence-electron chi connectivity index (χ1n) is 9.43. The first kappa shape index (κ1) is 20.4. The van der Waals surface area contributed by atoms with Gasteiger partial charge < -0.3 is 24.4 Å². The highest BCUT2D eigenvalue weighted by atomic mass is 16.5. The third kappa shape index (κ3) is 5.53. The number of rotatable bonds is 8. The molecule has 1 aromatic carbocycles. The summed E-state index contributed by atoms with van der Waals surface area (Å²) in [4.78, 5) is 7.03. The Balaban J connectivity index is 2.05. The summed E-state index contributed by atoms with van der Waals surface area (Å²) in [5.74, 6) is 3.07. The number of methoxy groups -OCH3 is 2. The minimum absolute atomic E-state index is 0.554. The summed E-state index contributed by atoms with van der Waals surface area (Å²) in [6, 6.07) is 4.17. The van der Waals surface area contributed by atoms with E-state index < -0.39 is 0 Å². The number of nitrogens with one attached hydrogen (secondary N) is 1. The van der Waals surface area contributed by atoms with Crippen LogP contribution >= 0.6 is 0 Å². The van der Waals surface area contributed by atoms with Gasteiger partial charge in [-0.1, -0.05) is 13.8 Å². The van der Waals surface area contributed by atoms with Crippen molar-refractivity contribution in [3.63, 3.8) is 0 Å². The van der Waals surface area contributed by atoms with Crippen LogP contribution in [0.4, 0.5) is 0 Å². The van der Waals surface area contributed by atoms with E-state index in [1.54, 1.807) is 14.2 Å². The van der Waals surface area contributed by atoms with Crippen molar-refractivity contribution in [2.24, 2.45) is 10.9 Å². The second-order valence-corrected chi connectivity index (χ2v) is 6.85. The number of benzene rings is 1. The molecule has 0 saturated heterocycles. The normalized spacial score (nSPS) is 14.4. The molecule has 0 unspecified atom stereocenters. The molecular formula is C20H33N3O3. The number of aliphatic imine (C=N–C) groups is 1. The maximum Gasteiger partial charge on any atom is 0.194 e. The minimum Gasteiger partial charge on any atom is -0.493 e. The fourth-order valence-electron chi connectivity index (χ4n) is 3.02. The number of fused-ring (bicyclic) bond motifs is 1. The Morgan fingerprint density at radius 3 is 2.50 bits per heavy atom. The van der Waals surface area contributed by atoms with Crippen LogP contribution in [0.25, 0.3) is 0 Å². The van der Waals surface area contributed by atoms with Crippen molar-refractivity contribution in [2.75, 3.05) is 47.1 Å². The number of guanidine groups is 1. The van der Waals surface area contributed by atoms with Gasteiger partial charge in [-0.25, -0.2) is 0 Å². The van der Waals surface area contributed by atoms with Crippen molar-refractivity contribution in [1.82, 2.24) is 10.2 Å². The molecule has 0 bridgehead atoms. The fraction of sp³-hybridized carbons (Fsp3) is 0.650. The molecule has 0 saturated carbocycles. The lowest BCUT2D eigenvalue weighted by Crippen LogP contribution is -2.44. The summed E-state index contributed by atoms with van der Waals surface area (Å²) in [5, 5.41) is 3.40. The van der Waals surface area contributed by atoms with Gasteiger partial charge in [0, 0.05) is 26.2 Å². The van der Waals surface area contributed by atoms with Crippen LogP contribution in [0.2, 0.25) is 0 Å². The zero-order chi connectivity index (χ0) is 18.9. The van der Waals surface area contributed by atoms with E-state index in [0.29, 0.717) is 19.1 Å². The van der Waals surface area contributed by atoms with Gasteiger partial charge in [0.1, 0.15) is 0 Å². The van der Waals surface area contributed by atoms with Crippen molar-refractivity contribution in [3.05, 3.63) is 23.3 Å². The second-order valence-electron chi connectivity index (χ2n) is 6.85. The molecule has 0 amide bonds. The van der Waals surface area contributed by atoms with E-state index in [0.717, 1.165) is 50.1 Å². The highest BCUT2D eigenvalue weighted by Crippen LogP contribution is 2.33. The predicted octanol–water partition coefficient (Wildman–Crippen LogP) is 2.70. The van der Waals surface area contributed by atoms with E-state index in [2.05, 4.69) is 43.1 Å². The van der Waals surface area contributed by atoms with Crippen LogP contribution in [0.3, 0.4) is 0 Å². The number of hydrogen-bond acceptors (Lipinski definition) is 4. The maximum atomic E-state index is 5.64. The van der Waals surface area contributed by atoms with Gasteiger partial charge in [-0.3, -0.25) is 4.99 Å². The van der Waals surface area contributed by atoms with Crippen molar-refractivity contribution in [3.8, 4) is 11.5 Å². The molecule has 0 fully saturated rings. The first-order valence-corrected chi connectivity index (χ1v) is 9.43. The third-order valence-electron chi connectivity index (χ3n) is 4.30. The molecule has 1 N–H and O–H groups in total. The van der Waals surface area contributed by atoms with Crippen LogP contribution in [0.1, 0.15) is 31.9 Å². The molecular weight excluding hydrogens is 330 g/mol. The molecule has 1 aliphatic rings. The Hall–Kier alpha value is -1.95. The quantitative estimate of drug-likeness (QED) is 0.437. The molecule has 2 rings (SSSR count). The summed E-state index contributed by atoms with van der Waals surface area (Å²) >= 11 is 0. The van der Waals surface area contributed by atoms with Crippen molar-refractivity contribution < 1.29 is 14.2 Å². The molecule has 0 spiro atoms. The average Bonchev–Trinajstić information content (AvgIpc) is 2.65. The molecule has 6 nitrogen and oxygen atoms in total. The Bertz CT molecular complexity index is 602. The highest BCUT2D eigenvalue weighted by Gasteiger charge is 2.21. The SMILES string of the molecule is CCNC(=NCCOCC(C)C)N1CCc2cc(OC)c(OC)cc2C1. The number of hydrogen-bond donors (Lipinski definition) is 1. The van der Waals surface area contributed by atoms with Crippen LogP contribution in [0, 0.1) is 5.92 Å². The molecule has 0 aromatic heterocycles. The lowest BCUT2D eigenvalue weighted by Gasteiger charge is -2.32. The summed E-state index contributed by atoms with van der Waals surface area (Å²) in [5.41, 5.74) is 2.57. The second kappa shape index (κ2) is 10.3. The molecule has 1 aliphatic heterocycles. The zero-order valence-corrected chi connectivity index (χ0v) is 16.8. The van der Waals surface area contributed by atoms with E-state index in [-0.39, 0.29) is 0 Å². The van der Waals surface area contributed by atoms with Gasteiger partial charge in [0.15, 0.2) is 17.5 Å². The molecule has 0 radical (unpaired) electrons. The van der Waals surface area contributed by atoms with Crippen LogP contribution in [0.5, 0.6) is 11.5 Å². The average molecular weight is 364 g/mol. The van der Waals surface area contributed by atoms with Crippen LogP contribution < -0.4 is 14.8 Å². The van der Waals surface area contributed by atoms with Gasteiger partial charge in [0.2, 0.25) is 0 Å². The molecule has 1 aromatic rings. The summed E-state index contributed by atoms with van der Waals surface area (Å²) in [6.07, 6.45) is 0.962. The van der Waals surface area contributed by atoms with Crippen LogP contribution in [-0.4, -0.2) is 57.9 Å². The Kier molecular flexibility index (Phi) is 8.04. The van der Waals surface area contributed by atoms with Gasteiger partial charge >= 0.3 is 0 Å². The van der Waals surface area contributed by atoms with Crippen LogP contribution in [0.15, 0.2) is 17.1 Å². The molecule has 0 aliphatic carbocycles. The van der Waals surface area contributed by atoms with E-state index in [4.69, 9.17) is 19.2 Å². The molecule has 146 valence electrons. The Labute approximate surface area is 157 Å². The van der Waals surface area contributed by atoms with Gasteiger partial charge in [-0.2, -0.15) is 0 Å². The lowest BCUT2D eigenvalue weighted by molar-refractivity contribution is 0.116. The molecule has 1 heterocycles. The maximum absolute atomic E-state index is 5.64. The highest BCUT2D eigenvalue weighted by molar-refractivity contribution is 5.80. The molecule has 6 heteroatoms. The summed E-state index contributed by atoms with van der Waals surface area (Å²) in [7, 11) is 3.35. The summed E-state index contributed by atoms with van der Waals surface area (Å²) < 4.78 is 16.5. The predicted molar refractivity (Wildman–Crippen MR) is 105 cm³/mol. The van der Waals surface area contributed by atoms with E-state index in [9.17, 15) is 0 Å².